The van der Waals surface area contributed by atoms with Gasteiger partial charge >= 0.3 is 11.7 Å². The van der Waals surface area contributed by atoms with Gasteiger partial charge in [-0.05, 0) is 6.07 Å². The summed E-state index contributed by atoms with van der Waals surface area (Å²) in [5.41, 5.74) is 3.96. The molecule has 0 bridgehead atoms. The van der Waals surface area contributed by atoms with Gasteiger partial charge in [0.2, 0.25) is 15.8 Å². The number of halogens is 1. The topological polar surface area (TPSA) is 144 Å². The van der Waals surface area contributed by atoms with Gasteiger partial charge in [0.15, 0.2) is 0 Å². The molecule has 1 aromatic carbocycles. The lowest BCUT2D eigenvalue weighted by Gasteiger charge is -2.07. The molecule has 0 spiro atoms. The Balaban J connectivity index is 2.80. The summed E-state index contributed by atoms with van der Waals surface area (Å²) in [5, 5.41) is 12.6. The number of nitro benzene ring substituents is 1. The highest BCUT2D eigenvalue weighted by atomic mass is 32.2. The van der Waals surface area contributed by atoms with Crippen LogP contribution in [0.15, 0.2) is 23.1 Å². The van der Waals surface area contributed by atoms with Crippen LogP contribution in [-0.2, 0) is 10.0 Å². The molecule has 1 aromatic rings. The molecule has 0 aliphatic rings. The number of hydrogen-bond acceptors (Lipinski definition) is 5. The first-order valence-corrected chi connectivity index (χ1v) is 6.69. The Kier molecular flexibility index (Phi) is 4.94. The molecule has 0 atom stereocenters. The maximum atomic E-state index is 13.3. The maximum absolute atomic E-state index is 13.3. The Morgan fingerprint density at radius 2 is 2.05 bits per heavy atom. The first kappa shape index (κ1) is 15.8. The zero-order chi connectivity index (χ0) is 15.3. The first-order valence-electron chi connectivity index (χ1n) is 5.21. The molecule has 0 heterocycles. The van der Waals surface area contributed by atoms with Crippen LogP contribution in [0.1, 0.15) is 0 Å². The lowest BCUT2D eigenvalue weighted by Crippen LogP contribution is -2.37. The fourth-order valence-corrected chi connectivity index (χ4v) is 2.30. The van der Waals surface area contributed by atoms with Crippen molar-refractivity contribution in [1.29, 1.82) is 0 Å². The Labute approximate surface area is 113 Å². The van der Waals surface area contributed by atoms with Crippen molar-refractivity contribution in [2.45, 2.75) is 4.90 Å². The Hall–Kier alpha value is -2.27. The summed E-state index contributed by atoms with van der Waals surface area (Å²) in [4.78, 5) is 19.3. The van der Waals surface area contributed by atoms with Crippen molar-refractivity contribution in [2.75, 3.05) is 13.1 Å². The highest BCUT2D eigenvalue weighted by Gasteiger charge is 2.20. The van der Waals surface area contributed by atoms with Crippen molar-refractivity contribution < 1.29 is 22.5 Å². The molecule has 11 heteroatoms. The highest BCUT2D eigenvalue weighted by Crippen LogP contribution is 2.20. The van der Waals surface area contributed by atoms with Gasteiger partial charge in [0, 0.05) is 25.2 Å². The van der Waals surface area contributed by atoms with Crippen molar-refractivity contribution in [1.82, 2.24) is 10.0 Å². The number of carbonyl (C=O) groups is 1. The SMILES string of the molecule is NC(=O)NCCNS(=O)(=O)c1ccc([N+](=O)[O-])c(F)c1. The van der Waals surface area contributed by atoms with Gasteiger partial charge in [0.1, 0.15) is 0 Å². The predicted octanol–water partition coefficient (Wildman–Crippen LogP) is -0.319. The number of primary amides is 1. The number of rotatable bonds is 6. The van der Waals surface area contributed by atoms with Gasteiger partial charge in [0.05, 0.1) is 9.82 Å². The van der Waals surface area contributed by atoms with Crippen LogP contribution in [0.4, 0.5) is 14.9 Å². The molecule has 0 aliphatic carbocycles. The second-order valence-electron chi connectivity index (χ2n) is 3.56. The second kappa shape index (κ2) is 6.25. The fraction of sp³-hybridized carbons (Fsp3) is 0.222. The fourth-order valence-electron chi connectivity index (χ4n) is 1.26. The van der Waals surface area contributed by atoms with Crippen molar-refractivity contribution in [2.24, 2.45) is 5.73 Å². The van der Waals surface area contributed by atoms with Crippen LogP contribution >= 0.6 is 0 Å². The summed E-state index contributed by atoms with van der Waals surface area (Å²) in [7, 11) is -4.03. The number of amides is 2. The zero-order valence-corrected chi connectivity index (χ0v) is 10.8. The monoisotopic (exact) mass is 306 g/mol. The van der Waals surface area contributed by atoms with Gasteiger partial charge in [0.25, 0.3) is 0 Å². The van der Waals surface area contributed by atoms with Crippen LogP contribution in [-0.4, -0.2) is 32.5 Å². The summed E-state index contributed by atoms with van der Waals surface area (Å²) < 4.78 is 38.8. The van der Waals surface area contributed by atoms with Crippen molar-refractivity contribution >= 4 is 21.7 Å². The lowest BCUT2D eigenvalue weighted by atomic mass is 10.3. The largest absolute Gasteiger partial charge is 0.352 e. The molecule has 0 unspecified atom stereocenters. The van der Waals surface area contributed by atoms with Crippen LogP contribution in [0.5, 0.6) is 0 Å². The average Bonchev–Trinajstić information content (AvgIpc) is 2.34. The van der Waals surface area contributed by atoms with Gasteiger partial charge in [-0.2, -0.15) is 4.39 Å². The Morgan fingerprint density at radius 3 is 2.55 bits per heavy atom. The quantitative estimate of drug-likeness (QED) is 0.375. The molecule has 0 saturated carbocycles. The summed E-state index contributed by atoms with van der Waals surface area (Å²) in [5.74, 6) is -1.26. The van der Waals surface area contributed by atoms with E-state index in [1.54, 1.807) is 0 Å². The van der Waals surface area contributed by atoms with E-state index in [1.165, 1.54) is 0 Å². The molecule has 110 valence electrons. The maximum Gasteiger partial charge on any atom is 0.312 e. The van der Waals surface area contributed by atoms with E-state index >= 15 is 0 Å². The molecular formula is C9H11FN4O5S. The smallest absolute Gasteiger partial charge is 0.312 e. The number of nitrogens with zero attached hydrogens (tertiary/aromatic N) is 1. The van der Waals surface area contributed by atoms with Gasteiger partial charge in [-0.1, -0.05) is 0 Å². The average molecular weight is 306 g/mol. The number of hydrogen-bond donors (Lipinski definition) is 3. The Bertz CT molecular complexity index is 633. The number of nitro groups is 1. The molecular weight excluding hydrogens is 295 g/mol. The van der Waals surface area contributed by atoms with E-state index in [4.69, 9.17) is 5.73 Å². The normalized spacial score (nSPS) is 11.1. The van der Waals surface area contributed by atoms with E-state index in [2.05, 4.69) is 10.0 Å². The molecule has 4 N–H and O–H groups in total. The number of sulfonamides is 1. The second-order valence-corrected chi connectivity index (χ2v) is 5.33. The van der Waals surface area contributed by atoms with Crippen molar-refractivity contribution in [3.63, 3.8) is 0 Å². The van der Waals surface area contributed by atoms with Crippen molar-refractivity contribution in [3.8, 4) is 0 Å². The molecule has 20 heavy (non-hydrogen) atoms. The van der Waals surface area contributed by atoms with Crippen LogP contribution in [0.2, 0.25) is 0 Å². The zero-order valence-electron chi connectivity index (χ0n) is 10.00. The minimum absolute atomic E-state index is 0.0516. The van der Waals surface area contributed by atoms with Gasteiger partial charge in [-0.25, -0.2) is 17.9 Å². The van der Waals surface area contributed by atoms with E-state index in [0.717, 1.165) is 12.1 Å². The highest BCUT2D eigenvalue weighted by molar-refractivity contribution is 7.89. The number of nitrogens with two attached hydrogens (primary N) is 1. The first-order chi connectivity index (χ1) is 9.24. The van der Waals surface area contributed by atoms with Crippen molar-refractivity contribution in [3.05, 3.63) is 34.1 Å². The summed E-state index contributed by atoms with van der Waals surface area (Å²) in [6.07, 6.45) is 0. The lowest BCUT2D eigenvalue weighted by molar-refractivity contribution is -0.387. The van der Waals surface area contributed by atoms with Crippen LogP contribution in [0, 0.1) is 15.9 Å². The van der Waals surface area contributed by atoms with Gasteiger partial charge in [-0.3, -0.25) is 10.1 Å². The number of benzene rings is 1. The van der Waals surface area contributed by atoms with E-state index in [9.17, 15) is 27.7 Å². The number of urea groups is 1. The summed E-state index contributed by atoms with van der Waals surface area (Å²) >= 11 is 0. The molecule has 2 amide bonds. The predicted molar refractivity (Wildman–Crippen MR) is 65.8 cm³/mol. The van der Waals surface area contributed by atoms with E-state index in [0.29, 0.717) is 6.07 Å². The summed E-state index contributed by atoms with van der Waals surface area (Å²) in [6, 6.07) is 1.39. The van der Waals surface area contributed by atoms with Gasteiger partial charge < -0.3 is 11.1 Å². The van der Waals surface area contributed by atoms with E-state index in [-0.39, 0.29) is 13.1 Å². The van der Waals surface area contributed by atoms with Crippen LogP contribution < -0.4 is 15.8 Å². The molecule has 0 aliphatic heterocycles. The van der Waals surface area contributed by atoms with Crippen LogP contribution in [0.3, 0.4) is 0 Å². The molecule has 0 saturated heterocycles. The van der Waals surface area contributed by atoms with E-state index < -0.39 is 37.4 Å². The number of carbonyl (C=O) groups excluding carboxylic acids is 1. The molecule has 0 fully saturated rings. The molecule has 0 aromatic heterocycles. The molecule has 1 rings (SSSR count). The third-order valence-electron chi connectivity index (χ3n) is 2.14. The Morgan fingerprint density at radius 1 is 1.40 bits per heavy atom. The molecule has 9 nitrogen and oxygen atoms in total. The van der Waals surface area contributed by atoms with E-state index in [1.807, 2.05) is 0 Å². The third kappa shape index (κ3) is 4.13. The third-order valence-corrected chi connectivity index (χ3v) is 3.60. The summed E-state index contributed by atoms with van der Waals surface area (Å²) in [6.45, 7) is -0.214. The minimum atomic E-state index is -4.03. The number of nitrogens with one attached hydrogen (secondary N) is 2. The standard InChI is InChI=1S/C9H11FN4O5S/c10-7-5-6(1-2-8(7)14(16)17)20(18,19)13-4-3-12-9(11)15/h1-2,5,13H,3-4H2,(H3,11,12,15). The van der Waals surface area contributed by atoms with Gasteiger partial charge in [-0.15, -0.1) is 0 Å². The van der Waals surface area contributed by atoms with Crippen LogP contribution in [0.25, 0.3) is 0 Å². The minimum Gasteiger partial charge on any atom is -0.352 e. The molecule has 0 radical (unpaired) electrons.